The van der Waals surface area contributed by atoms with Gasteiger partial charge in [0, 0.05) is 10.9 Å². The minimum atomic E-state index is -4.31. The quantitative estimate of drug-likeness (QED) is 0.705. The van der Waals surface area contributed by atoms with Crippen LogP contribution < -0.4 is 4.74 Å². The monoisotopic (exact) mass is 448 g/mol. The van der Waals surface area contributed by atoms with E-state index in [0.29, 0.717) is 5.02 Å². The van der Waals surface area contributed by atoms with Gasteiger partial charge in [-0.15, -0.1) is 0 Å². The third kappa shape index (κ3) is 2.74. The molecule has 0 saturated carbocycles. The van der Waals surface area contributed by atoms with Crippen LogP contribution in [0.15, 0.2) is 41.3 Å². The molecule has 0 aromatic heterocycles. The summed E-state index contributed by atoms with van der Waals surface area (Å²) < 4.78 is 84.4. The average molecular weight is 449 g/mol. The average Bonchev–Trinajstić information content (AvgIpc) is 2.63. The van der Waals surface area contributed by atoms with E-state index in [2.05, 4.69) is 0 Å². The predicted octanol–water partition coefficient (Wildman–Crippen LogP) is 3.11. The van der Waals surface area contributed by atoms with Crippen LogP contribution in [0.25, 0.3) is 0 Å². The lowest BCUT2D eigenvalue weighted by Crippen LogP contribution is -2.55. The summed E-state index contributed by atoms with van der Waals surface area (Å²) in [6, 6.07) is 7.00. The predicted molar refractivity (Wildman–Crippen MR) is 98.9 cm³/mol. The molecule has 10 heteroatoms. The summed E-state index contributed by atoms with van der Waals surface area (Å²) >= 11 is 5.84. The van der Waals surface area contributed by atoms with E-state index in [0.717, 1.165) is 12.1 Å². The first kappa shape index (κ1) is 19.6. The molecule has 0 spiro atoms. The molecule has 2 aromatic rings. The van der Waals surface area contributed by atoms with Crippen molar-refractivity contribution in [2.24, 2.45) is 5.92 Å². The molecule has 4 rings (SSSR count). The van der Waals surface area contributed by atoms with Crippen LogP contribution in [0.4, 0.5) is 8.78 Å². The molecule has 28 heavy (non-hydrogen) atoms. The standard InChI is InChI=1S/C18H15ClF2O5S2/c19-12-1-3-13(4-2-12)28(24,25)18-7-8-27(22,23)10-11(18)9-26-17-15(21)6-5-14(20)16(17)18/h1-6,11H,7-10H2/t11-,18-/m0/s1. The van der Waals surface area contributed by atoms with Crippen LogP contribution in [0.1, 0.15) is 12.0 Å². The van der Waals surface area contributed by atoms with Gasteiger partial charge in [-0.1, -0.05) is 11.6 Å². The Hall–Kier alpha value is -1.71. The minimum absolute atomic E-state index is 0.141. The van der Waals surface area contributed by atoms with Gasteiger partial charge in [0.05, 0.1) is 28.6 Å². The number of benzene rings is 2. The highest BCUT2D eigenvalue weighted by Crippen LogP contribution is 2.54. The maximum atomic E-state index is 14.9. The second-order valence-corrected chi connectivity index (χ2v) is 11.8. The molecule has 0 bridgehead atoms. The zero-order valence-corrected chi connectivity index (χ0v) is 16.8. The molecule has 2 aliphatic heterocycles. The lowest BCUT2D eigenvalue weighted by Gasteiger charge is -2.46. The van der Waals surface area contributed by atoms with E-state index in [1.165, 1.54) is 24.3 Å². The lowest BCUT2D eigenvalue weighted by atomic mass is 9.81. The van der Waals surface area contributed by atoms with Gasteiger partial charge >= 0.3 is 0 Å². The first-order chi connectivity index (χ1) is 13.1. The number of hydrogen-bond acceptors (Lipinski definition) is 5. The molecule has 2 aromatic carbocycles. The number of ether oxygens (including phenoxy) is 1. The van der Waals surface area contributed by atoms with Gasteiger partial charge in [-0.2, -0.15) is 0 Å². The van der Waals surface area contributed by atoms with E-state index >= 15 is 0 Å². The van der Waals surface area contributed by atoms with E-state index < -0.39 is 64.8 Å². The molecule has 2 heterocycles. The molecule has 0 N–H and O–H groups in total. The normalized spacial score (nSPS) is 26.0. The van der Waals surface area contributed by atoms with Crippen molar-refractivity contribution in [3.63, 3.8) is 0 Å². The SMILES string of the molecule is O=S1(=O)CC[C@@]2(S(=O)(=O)c3ccc(Cl)cc3)c3c(F)ccc(F)c3OC[C@H]2C1. The molecule has 0 radical (unpaired) electrons. The van der Waals surface area contributed by atoms with Gasteiger partial charge in [0.1, 0.15) is 10.6 Å². The molecular formula is C18H15ClF2O5S2. The summed E-state index contributed by atoms with van der Waals surface area (Å²) in [7, 11) is -7.86. The molecule has 2 aliphatic rings. The van der Waals surface area contributed by atoms with Gasteiger partial charge in [0.15, 0.2) is 31.2 Å². The van der Waals surface area contributed by atoms with Crippen LogP contribution in [0.5, 0.6) is 5.75 Å². The first-order valence-corrected chi connectivity index (χ1v) is 12.1. The smallest absolute Gasteiger partial charge is 0.188 e. The van der Waals surface area contributed by atoms with E-state index in [9.17, 15) is 25.6 Å². The Kier molecular flexibility index (Phi) is 4.48. The maximum Gasteiger partial charge on any atom is 0.188 e. The van der Waals surface area contributed by atoms with Crippen molar-refractivity contribution < 1.29 is 30.4 Å². The molecule has 1 fully saturated rings. The highest BCUT2D eigenvalue weighted by molar-refractivity contribution is 7.93. The summed E-state index contributed by atoms with van der Waals surface area (Å²) in [4.78, 5) is -0.141. The number of sulfone groups is 2. The summed E-state index contributed by atoms with van der Waals surface area (Å²) in [5.74, 6) is -4.34. The van der Waals surface area contributed by atoms with E-state index in [1.54, 1.807) is 0 Å². The largest absolute Gasteiger partial charge is 0.490 e. The summed E-state index contributed by atoms with van der Waals surface area (Å²) in [6.07, 6.45) is -0.387. The highest BCUT2D eigenvalue weighted by atomic mass is 35.5. The molecule has 1 saturated heterocycles. The topological polar surface area (TPSA) is 77.5 Å². The van der Waals surface area contributed by atoms with Gasteiger partial charge in [-0.05, 0) is 42.8 Å². The Balaban J connectivity index is 2.05. The first-order valence-electron chi connectivity index (χ1n) is 8.40. The van der Waals surface area contributed by atoms with Gasteiger partial charge in [0.25, 0.3) is 0 Å². The number of halogens is 3. The van der Waals surface area contributed by atoms with E-state index in [1.807, 2.05) is 0 Å². The van der Waals surface area contributed by atoms with Crippen molar-refractivity contribution in [2.45, 2.75) is 16.1 Å². The fraction of sp³-hybridized carbons (Fsp3) is 0.333. The lowest BCUT2D eigenvalue weighted by molar-refractivity contribution is 0.166. The number of fused-ring (bicyclic) bond motifs is 3. The number of rotatable bonds is 2. The summed E-state index contributed by atoms with van der Waals surface area (Å²) in [5.41, 5.74) is -0.436. The van der Waals surface area contributed by atoms with E-state index in [4.69, 9.17) is 16.3 Å². The van der Waals surface area contributed by atoms with Crippen molar-refractivity contribution in [1.82, 2.24) is 0 Å². The molecular weight excluding hydrogens is 434 g/mol. The fourth-order valence-electron chi connectivity index (χ4n) is 4.11. The van der Waals surface area contributed by atoms with Crippen LogP contribution in [-0.2, 0) is 24.4 Å². The zero-order valence-electron chi connectivity index (χ0n) is 14.4. The van der Waals surface area contributed by atoms with Crippen molar-refractivity contribution >= 4 is 31.3 Å². The molecule has 5 nitrogen and oxygen atoms in total. The third-order valence-corrected chi connectivity index (χ3v) is 10.00. The summed E-state index contributed by atoms with van der Waals surface area (Å²) in [6.45, 7) is -0.348. The zero-order chi connectivity index (χ0) is 20.3. The van der Waals surface area contributed by atoms with Crippen LogP contribution in [0.3, 0.4) is 0 Å². The van der Waals surface area contributed by atoms with Crippen LogP contribution in [-0.4, -0.2) is 34.9 Å². The maximum absolute atomic E-state index is 14.9. The Bertz CT molecular complexity index is 1160. The van der Waals surface area contributed by atoms with Crippen molar-refractivity contribution in [2.75, 3.05) is 18.1 Å². The van der Waals surface area contributed by atoms with Gasteiger partial charge in [-0.25, -0.2) is 25.6 Å². The van der Waals surface area contributed by atoms with Crippen molar-refractivity contribution in [3.8, 4) is 5.75 Å². The van der Waals surface area contributed by atoms with Gasteiger partial charge in [0.2, 0.25) is 0 Å². The van der Waals surface area contributed by atoms with Gasteiger partial charge in [-0.3, -0.25) is 0 Å². The summed E-state index contributed by atoms with van der Waals surface area (Å²) in [5, 5.41) is 0.309. The Labute approximate surface area is 166 Å². The van der Waals surface area contributed by atoms with Crippen LogP contribution >= 0.6 is 11.6 Å². The molecule has 0 amide bonds. The Morgan fingerprint density at radius 3 is 2.39 bits per heavy atom. The second kappa shape index (κ2) is 6.40. The number of hydrogen-bond donors (Lipinski definition) is 0. The van der Waals surface area contributed by atoms with E-state index in [-0.39, 0.29) is 17.9 Å². The Morgan fingerprint density at radius 1 is 1.07 bits per heavy atom. The van der Waals surface area contributed by atoms with Crippen molar-refractivity contribution in [1.29, 1.82) is 0 Å². The van der Waals surface area contributed by atoms with Crippen molar-refractivity contribution in [3.05, 3.63) is 58.6 Å². The molecule has 2 atom stereocenters. The molecule has 150 valence electrons. The third-order valence-electron chi connectivity index (χ3n) is 5.41. The highest BCUT2D eigenvalue weighted by Gasteiger charge is 2.60. The Morgan fingerprint density at radius 2 is 1.71 bits per heavy atom. The fourth-order valence-corrected chi connectivity index (χ4v) is 8.60. The van der Waals surface area contributed by atoms with Crippen LogP contribution in [0.2, 0.25) is 5.02 Å². The second-order valence-electron chi connectivity index (χ2n) is 6.95. The molecule has 0 aliphatic carbocycles. The van der Waals surface area contributed by atoms with Gasteiger partial charge < -0.3 is 4.74 Å². The van der Waals surface area contributed by atoms with Crippen LogP contribution in [0, 0.1) is 17.6 Å². The molecule has 0 unspecified atom stereocenters. The minimum Gasteiger partial charge on any atom is -0.490 e.